The van der Waals surface area contributed by atoms with Crippen molar-refractivity contribution in [1.29, 1.82) is 0 Å². The lowest BCUT2D eigenvalue weighted by molar-refractivity contribution is -0.151. The van der Waals surface area contributed by atoms with E-state index in [1.165, 1.54) is 11.9 Å². The smallest absolute Gasteiger partial charge is 0.306 e. The minimum atomic E-state index is -0.485. The highest BCUT2D eigenvalue weighted by Gasteiger charge is 2.15. The summed E-state index contributed by atoms with van der Waals surface area (Å²) in [4.78, 5) is 42.0. The summed E-state index contributed by atoms with van der Waals surface area (Å²) >= 11 is 0. The van der Waals surface area contributed by atoms with Gasteiger partial charge in [-0.25, -0.2) is 0 Å². The SMILES string of the molecule is Cc1ccc(NC(=O)CN(C)C(=O)COC(=O)CCc2ccc3ccccc3n2)cc1. The van der Waals surface area contributed by atoms with Crippen molar-refractivity contribution in [3.8, 4) is 0 Å². The van der Waals surface area contributed by atoms with Crippen LogP contribution in [0.25, 0.3) is 10.9 Å². The van der Waals surface area contributed by atoms with Crippen molar-refractivity contribution >= 4 is 34.4 Å². The molecule has 0 aliphatic heterocycles. The molecular weight excluding hydrogens is 394 g/mol. The standard InChI is InChI=1S/C24H25N3O4/c1-17-7-10-20(11-8-17)26-22(28)15-27(2)23(29)16-31-24(30)14-13-19-12-9-18-5-3-4-6-21(18)25-19/h3-12H,13-16H2,1-2H3,(H,26,28). The first-order valence-corrected chi connectivity index (χ1v) is 10.0. The van der Waals surface area contributed by atoms with Crippen LogP contribution in [0.4, 0.5) is 5.69 Å². The lowest BCUT2D eigenvalue weighted by atomic mass is 10.1. The van der Waals surface area contributed by atoms with Crippen LogP contribution in [0.2, 0.25) is 0 Å². The van der Waals surface area contributed by atoms with Gasteiger partial charge in [0.25, 0.3) is 5.91 Å². The molecule has 0 radical (unpaired) electrons. The zero-order chi connectivity index (χ0) is 22.2. The van der Waals surface area contributed by atoms with Crippen molar-refractivity contribution in [2.75, 3.05) is 25.5 Å². The molecule has 7 nitrogen and oxygen atoms in total. The molecule has 1 heterocycles. The topological polar surface area (TPSA) is 88.6 Å². The normalized spacial score (nSPS) is 10.5. The second kappa shape index (κ2) is 10.3. The van der Waals surface area contributed by atoms with Crippen LogP contribution in [-0.4, -0.2) is 47.9 Å². The Morgan fingerprint density at radius 3 is 2.52 bits per heavy atom. The number of anilines is 1. The number of amides is 2. The van der Waals surface area contributed by atoms with E-state index in [9.17, 15) is 14.4 Å². The fraction of sp³-hybridized carbons (Fsp3) is 0.250. The highest BCUT2D eigenvalue weighted by Crippen LogP contribution is 2.13. The number of aryl methyl sites for hydroxylation is 2. The molecule has 0 saturated heterocycles. The van der Waals surface area contributed by atoms with Crippen molar-refractivity contribution in [2.45, 2.75) is 19.8 Å². The number of benzene rings is 2. The van der Waals surface area contributed by atoms with Crippen molar-refractivity contribution in [3.05, 3.63) is 71.9 Å². The van der Waals surface area contributed by atoms with Crippen molar-refractivity contribution in [3.63, 3.8) is 0 Å². The van der Waals surface area contributed by atoms with Gasteiger partial charge in [-0.3, -0.25) is 19.4 Å². The Kier molecular flexibility index (Phi) is 7.32. The number of nitrogens with one attached hydrogen (secondary N) is 1. The molecule has 3 rings (SSSR count). The monoisotopic (exact) mass is 419 g/mol. The highest BCUT2D eigenvalue weighted by atomic mass is 16.5. The number of aromatic nitrogens is 1. The number of carbonyl (C=O) groups excluding carboxylic acids is 3. The van der Waals surface area contributed by atoms with Crippen molar-refractivity contribution < 1.29 is 19.1 Å². The number of hydrogen-bond acceptors (Lipinski definition) is 5. The minimum absolute atomic E-state index is 0.121. The van der Waals surface area contributed by atoms with Crippen LogP contribution >= 0.6 is 0 Å². The van der Waals surface area contributed by atoms with E-state index in [2.05, 4.69) is 10.3 Å². The largest absolute Gasteiger partial charge is 0.456 e. The van der Waals surface area contributed by atoms with Gasteiger partial charge < -0.3 is 15.0 Å². The first-order valence-electron chi connectivity index (χ1n) is 10.0. The number of fused-ring (bicyclic) bond motifs is 1. The van der Waals surface area contributed by atoms with Gasteiger partial charge in [0.2, 0.25) is 5.91 Å². The number of nitrogens with zero attached hydrogens (tertiary/aromatic N) is 2. The van der Waals surface area contributed by atoms with E-state index in [1.807, 2.05) is 55.5 Å². The molecule has 1 N–H and O–H groups in total. The van der Waals surface area contributed by atoms with E-state index in [-0.39, 0.29) is 18.9 Å². The molecule has 3 aromatic rings. The van der Waals surface area contributed by atoms with Gasteiger partial charge in [0.05, 0.1) is 18.5 Å². The maximum absolute atomic E-state index is 12.2. The lowest BCUT2D eigenvalue weighted by Gasteiger charge is -2.17. The summed E-state index contributed by atoms with van der Waals surface area (Å²) in [6.45, 7) is 1.42. The van der Waals surface area contributed by atoms with Crippen LogP contribution in [0.5, 0.6) is 0 Å². The average Bonchev–Trinajstić information content (AvgIpc) is 2.77. The third-order valence-corrected chi connectivity index (χ3v) is 4.74. The fourth-order valence-electron chi connectivity index (χ4n) is 2.94. The number of para-hydroxylation sites is 1. The molecule has 0 spiro atoms. The summed E-state index contributed by atoms with van der Waals surface area (Å²) in [5.41, 5.74) is 3.40. The second-order valence-corrected chi connectivity index (χ2v) is 7.32. The first kappa shape index (κ1) is 22.0. The molecule has 2 amide bonds. The number of rotatable bonds is 8. The van der Waals surface area contributed by atoms with E-state index < -0.39 is 18.5 Å². The molecule has 31 heavy (non-hydrogen) atoms. The van der Waals surface area contributed by atoms with Crippen molar-refractivity contribution in [2.24, 2.45) is 0 Å². The van der Waals surface area contributed by atoms with E-state index in [0.29, 0.717) is 12.1 Å². The van der Waals surface area contributed by atoms with Gasteiger partial charge in [-0.05, 0) is 31.2 Å². The molecule has 0 bridgehead atoms. The summed E-state index contributed by atoms with van der Waals surface area (Å²) in [5.74, 6) is -1.26. The Morgan fingerprint density at radius 2 is 1.74 bits per heavy atom. The van der Waals surface area contributed by atoms with Crippen LogP contribution in [-0.2, 0) is 25.5 Å². The zero-order valence-corrected chi connectivity index (χ0v) is 17.6. The van der Waals surface area contributed by atoms with Crippen LogP contribution < -0.4 is 5.32 Å². The zero-order valence-electron chi connectivity index (χ0n) is 17.6. The van der Waals surface area contributed by atoms with Gasteiger partial charge in [-0.2, -0.15) is 0 Å². The van der Waals surface area contributed by atoms with E-state index in [0.717, 1.165) is 22.2 Å². The van der Waals surface area contributed by atoms with E-state index in [4.69, 9.17) is 4.74 Å². The third kappa shape index (κ3) is 6.64. The van der Waals surface area contributed by atoms with E-state index in [1.54, 1.807) is 12.1 Å². The Bertz CT molecular complexity index is 1080. The Morgan fingerprint density at radius 1 is 1.00 bits per heavy atom. The molecular formula is C24H25N3O4. The molecule has 0 fully saturated rings. The molecule has 2 aromatic carbocycles. The Balaban J connectivity index is 1.39. The molecule has 0 aliphatic rings. The molecule has 0 aliphatic carbocycles. The molecule has 0 atom stereocenters. The van der Waals surface area contributed by atoms with Crippen molar-refractivity contribution in [1.82, 2.24) is 9.88 Å². The number of ether oxygens (including phenoxy) is 1. The van der Waals surface area contributed by atoms with Crippen LogP contribution in [0.1, 0.15) is 17.7 Å². The Labute approximate surface area is 181 Å². The molecule has 0 unspecified atom stereocenters. The van der Waals surface area contributed by atoms with E-state index >= 15 is 0 Å². The van der Waals surface area contributed by atoms with Crippen LogP contribution in [0, 0.1) is 6.92 Å². The molecule has 7 heteroatoms. The number of hydrogen-bond donors (Lipinski definition) is 1. The quantitative estimate of drug-likeness (QED) is 0.567. The minimum Gasteiger partial charge on any atom is -0.456 e. The van der Waals surface area contributed by atoms with Crippen LogP contribution in [0.15, 0.2) is 60.7 Å². The number of esters is 1. The molecule has 0 saturated carbocycles. The number of pyridine rings is 1. The lowest BCUT2D eigenvalue weighted by Crippen LogP contribution is -2.37. The predicted octanol–water partition coefficient (Wildman–Crippen LogP) is 3.12. The maximum atomic E-state index is 12.2. The summed E-state index contributed by atoms with van der Waals surface area (Å²) < 4.78 is 5.06. The summed E-state index contributed by atoms with van der Waals surface area (Å²) in [5, 5.41) is 3.76. The average molecular weight is 419 g/mol. The number of carbonyl (C=O) groups is 3. The van der Waals surface area contributed by atoms with Crippen LogP contribution in [0.3, 0.4) is 0 Å². The van der Waals surface area contributed by atoms with Gasteiger partial charge in [0.15, 0.2) is 6.61 Å². The number of likely N-dealkylation sites (N-methyl/N-ethyl adjacent to an activating group) is 1. The molecule has 160 valence electrons. The summed E-state index contributed by atoms with van der Waals surface area (Å²) in [6.07, 6.45) is 0.545. The van der Waals surface area contributed by atoms with Gasteiger partial charge in [-0.15, -0.1) is 0 Å². The third-order valence-electron chi connectivity index (χ3n) is 4.74. The molecule has 1 aromatic heterocycles. The first-order chi connectivity index (χ1) is 14.9. The fourth-order valence-corrected chi connectivity index (χ4v) is 2.94. The van der Waals surface area contributed by atoms with Gasteiger partial charge in [0, 0.05) is 30.2 Å². The second-order valence-electron chi connectivity index (χ2n) is 7.32. The Hall–Kier alpha value is -3.74. The van der Waals surface area contributed by atoms with Gasteiger partial charge in [0.1, 0.15) is 0 Å². The maximum Gasteiger partial charge on any atom is 0.306 e. The highest BCUT2D eigenvalue weighted by molar-refractivity contribution is 5.94. The summed E-state index contributed by atoms with van der Waals surface area (Å²) in [6, 6.07) is 18.9. The summed E-state index contributed by atoms with van der Waals surface area (Å²) in [7, 11) is 1.49. The predicted molar refractivity (Wildman–Crippen MR) is 118 cm³/mol. The van der Waals surface area contributed by atoms with Gasteiger partial charge >= 0.3 is 5.97 Å². The van der Waals surface area contributed by atoms with Gasteiger partial charge in [-0.1, -0.05) is 42.0 Å².